The first kappa shape index (κ1) is 13.2. The fourth-order valence-electron chi connectivity index (χ4n) is 1.74. The summed E-state index contributed by atoms with van der Waals surface area (Å²) in [5.74, 6) is -0.221. The van der Waals surface area contributed by atoms with Gasteiger partial charge in [0.1, 0.15) is 11.5 Å². The van der Waals surface area contributed by atoms with E-state index in [-0.39, 0.29) is 5.82 Å². The van der Waals surface area contributed by atoms with Crippen molar-refractivity contribution >= 4 is 15.9 Å². The number of aryl methyl sites for hydroxylation is 1. The van der Waals surface area contributed by atoms with Crippen molar-refractivity contribution < 1.29 is 4.39 Å². The Morgan fingerprint density at radius 3 is 2.78 bits per heavy atom. The first-order valence-electron chi connectivity index (χ1n) is 5.68. The quantitative estimate of drug-likeness (QED) is 0.943. The lowest BCUT2D eigenvalue weighted by Crippen LogP contribution is -2.12. The molecule has 0 saturated heterocycles. The van der Waals surface area contributed by atoms with Crippen LogP contribution in [0.1, 0.15) is 12.5 Å². The number of halogens is 2. The van der Waals surface area contributed by atoms with Crippen LogP contribution in [0.15, 0.2) is 22.8 Å². The van der Waals surface area contributed by atoms with E-state index in [0.29, 0.717) is 16.7 Å². The number of benzene rings is 1. The van der Waals surface area contributed by atoms with Crippen LogP contribution in [-0.4, -0.2) is 21.5 Å². The molecule has 1 heterocycles. The predicted octanol–water partition coefficient (Wildman–Crippen LogP) is 2.49. The Bertz CT molecular complexity index is 534. The zero-order valence-corrected chi connectivity index (χ0v) is 11.8. The summed E-state index contributed by atoms with van der Waals surface area (Å²) >= 11 is 3.31. The van der Waals surface area contributed by atoms with Gasteiger partial charge in [0.2, 0.25) is 0 Å². The van der Waals surface area contributed by atoms with Crippen LogP contribution in [-0.2, 0) is 13.6 Å². The van der Waals surface area contributed by atoms with Crippen molar-refractivity contribution in [2.45, 2.75) is 13.5 Å². The molecule has 0 unspecified atom stereocenters. The minimum absolute atomic E-state index is 0.221. The highest BCUT2D eigenvalue weighted by molar-refractivity contribution is 9.10. The summed E-state index contributed by atoms with van der Waals surface area (Å²) in [6.45, 7) is 3.34. The van der Waals surface area contributed by atoms with Gasteiger partial charge >= 0.3 is 0 Å². The molecule has 0 fully saturated rings. The van der Waals surface area contributed by atoms with Gasteiger partial charge in [0.15, 0.2) is 4.60 Å². The smallest absolute Gasteiger partial charge is 0.156 e. The van der Waals surface area contributed by atoms with E-state index in [1.54, 1.807) is 17.8 Å². The van der Waals surface area contributed by atoms with Gasteiger partial charge in [0.05, 0.1) is 0 Å². The van der Waals surface area contributed by atoms with Gasteiger partial charge in [-0.2, -0.15) is 0 Å². The predicted molar refractivity (Wildman–Crippen MR) is 71.5 cm³/mol. The Labute approximate surface area is 113 Å². The molecule has 1 aromatic carbocycles. The maximum atomic E-state index is 13.9. The number of hydrogen-bond donors (Lipinski definition) is 1. The van der Waals surface area contributed by atoms with Crippen LogP contribution in [0.5, 0.6) is 0 Å². The summed E-state index contributed by atoms with van der Waals surface area (Å²) in [6.07, 6.45) is 0. The van der Waals surface area contributed by atoms with E-state index in [9.17, 15) is 4.39 Å². The first-order valence-corrected chi connectivity index (χ1v) is 6.47. The second kappa shape index (κ2) is 5.58. The van der Waals surface area contributed by atoms with Gasteiger partial charge in [0.25, 0.3) is 0 Å². The Morgan fingerprint density at radius 2 is 2.22 bits per heavy atom. The van der Waals surface area contributed by atoms with Crippen molar-refractivity contribution in [2.75, 3.05) is 6.54 Å². The normalized spacial score (nSPS) is 10.9. The number of aromatic nitrogens is 3. The van der Waals surface area contributed by atoms with Crippen LogP contribution in [0.4, 0.5) is 4.39 Å². The first-order chi connectivity index (χ1) is 8.63. The van der Waals surface area contributed by atoms with Gasteiger partial charge in [-0.15, -0.1) is 5.10 Å². The molecule has 18 heavy (non-hydrogen) atoms. The summed E-state index contributed by atoms with van der Waals surface area (Å²) in [7, 11) is 1.78. The highest BCUT2D eigenvalue weighted by Gasteiger charge is 2.12. The maximum absolute atomic E-state index is 13.9. The van der Waals surface area contributed by atoms with Crippen molar-refractivity contribution in [2.24, 2.45) is 7.05 Å². The number of rotatable bonds is 4. The van der Waals surface area contributed by atoms with E-state index in [0.717, 1.165) is 17.8 Å². The minimum atomic E-state index is -0.221. The molecule has 0 aliphatic rings. The van der Waals surface area contributed by atoms with Gasteiger partial charge in [-0.3, -0.25) is 0 Å². The van der Waals surface area contributed by atoms with Crippen LogP contribution in [0, 0.1) is 5.82 Å². The van der Waals surface area contributed by atoms with Crippen LogP contribution in [0.2, 0.25) is 0 Å². The molecule has 2 rings (SSSR count). The third kappa shape index (κ3) is 2.59. The van der Waals surface area contributed by atoms with Crippen molar-refractivity contribution in [3.05, 3.63) is 34.2 Å². The zero-order valence-electron chi connectivity index (χ0n) is 10.2. The lowest BCUT2D eigenvalue weighted by Gasteiger charge is -2.07. The van der Waals surface area contributed by atoms with Gasteiger partial charge in [0, 0.05) is 24.7 Å². The highest BCUT2D eigenvalue weighted by Crippen LogP contribution is 2.26. The van der Waals surface area contributed by atoms with Gasteiger partial charge < -0.3 is 5.32 Å². The third-order valence-corrected chi connectivity index (χ3v) is 3.21. The molecule has 0 aliphatic carbocycles. The number of nitrogens with one attached hydrogen (secondary N) is 1. The molecule has 0 atom stereocenters. The molecule has 2 aromatic rings. The van der Waals surface area contributed by atoms with E-state index in [1.165, 1.54) is 6.07 Å². The van der Waals surface area contributed by atoms with Gasteiger partial charge in [-0.1, -0.05) is 24.3 Å². The Hall–Kier alpha value is -1.27. The molecule has 0 spiro atoms. The molecular formula is C12H14BrFN4. The standard InChI is InChI=1S/C12H14BrFN4/c1-3-15-7-9-5-4-8(6-10(9)14)11-12(13)16-17-18(11)2/h4-6,15H,3,7H2,1-2H3. The fraction of sp³-hybridized carbons (Fsp3) is 0.333. The maximum Gasteiger partial charge on any atom is 0.156 e. The second-order valence-electron chi connectivity index (χ2n) is 3.94. The van der Waals surface area contributed by atoms with E-state index in [4.69, 9.17) is 0 Å². The summed E-state index contributed by atoms with van der Waals surface area (Å²) in [4.78, 5) is 0. The topological polar surface area (TPSA) is 42.7 Å². The van der Waals surface area contributed by atoms with E-state index < -0.39 is 0 Å². The molecular weight excluding hydrogens is 299 g/mol. The minimum Gasteiger partial charge on any atom is -0.313 e. The molecule has 1 aromatic heterocycles. The lowest BCUT2D eigenvalue weighted by molar-refractivity contribution is 0.593. The van der Waals surface area contributed by atoms with Crippen LogP contribution in [0.3, 0.4) is 0 Å². The monoisotopic (exact) mass is 312 g/mol. The SMILES string of the molecule is CCNCc1ccc(-c2c(Br)nnn2C)cc1F. The largest absolute Gasteiger partial charge is 0.313 e. The lowest BCUT2D eigenvalue weighted by atomic mass is 10.1. The summed E-state index contributed by atoms with van der Waals surface area (Å²) in [5, 5.41) is 10.9. The van der Waals surface area contributed by atoms with Crippen molar-refractivity contribution in [3.63, 3.8) is 0 Å². The molecule has 0 saturated carbocycles. The molecule has 6 heteroatoms. The third-order valence-electron chi connectivity index (χ3n) is 2.68. The average molecular weight is 313 g/mol. The average Bonchev–Trinajstić information content (AvgIpc) is 2.68. The fourth-order valence-corrected chi connectivity index (χ4v) is 2.29. The Morgan fingerprint density at radius 1 is 1.44 bits per heavy atom. The van der Waals surface area contributed by atoms with Crippen molar-refractivity contribution in [3.8, 4) is 11.3 Å². The molecule has 1 N–H and O–H groups in total. The zero-order chi connectivity index (χ0) is 13.1. The molecule has 0 radical (unpaired) electrons. The van der Waals surface area contributed by atoms with E-state index in [2.05, 4.69) is 31.6 Å². The summed E-state index contributed by atoms with van der Waals surface area (Å²) < 4.78 is 16.2. The molecule has 0 bridgehead atoms. The van der Waals surface area contributed by atoms with E-state index >= 15 is 0 Å². The Kier molecular flexibility index (Phi) is 4.08. The van der Waals surface area contributed by atoms with Gasteiger partial charge in [-0.25, -0.2) is 9.07 Å². The van der Waals surface area contributed by atoms with Gasteiger partial charge in [-0.05, 0) is 28.5 Å². The van der Waals surface area contributed by atoms with Crippen molar-refractivity contribution in [1.29, 1.82) is 0 Å². The second-order valence-corrected chi connectivity index (χ2v) is 4.69. The molecule has 96 valence electrons. The van der Waals surface area contributed by atoms with Crippen LogP contribution in [0.25, 0.3) is 11.3 Å². The van der Waals surface area contributed by atoms with Crippen molar-refractivity contribution in [1.82, 2.24) is 20.3 Å². The Balaban J connectivity index is 2.34. The molecule has 4 nitrogen and oxygen atoms in total. The van der Waals surface area contributed by atoms with E-state index in [1.807, 2.05) is 13.0 Å². The number of hydrogen-bond acceptors (Lipinski definition) is 3. The molecule has 0 amide bonds. The van der Waals surface area contributed by atoms with Crippen LogP contribution < -0.4 is 5.32 Å². The van der Waals surface area contributed by atoms with Crippen LogP contribution >= 0.6 is 15.9 Å². The summed E-state index contributed by atoms with van der Waals surface area (Å²) in [6, 6.07) is 5.17. The summed E-state index contributed by atoms with van der Waals surface area (Å²) in [5.41, 5.74) is 2.18. The highest BCUT2D eigenvalue weighted by atomic mass is 79.9. The molecule has 0 aliphatic heterocycles. The number of nitrogens with zero attached hydrogens (tertiary/aromatic N) is 3.